The molecule has 3 nitrogen and oxygen atoms in total. The minimum absolute atomic E-state index is 0.0424. The molecular formula is C25H32O3. The molecule has 1 saturated heterocycles. The molecule has 2 aromatic rings. The Morgan fingerprint density at radius 1 is 0.857 bits per heavy atom. The molecule has 0 aromatic heterocycles. The van der Waals surface area contributed by atoms with Crippen LogP contribution in [0.5, 0.6) is 0 Å². The van der Waals surface area contributed by atoms with Crippen LogP contribution in [0.1, 0.15) is 63.0 Å². The second-order valence-electron chi connectivity index (χ2n) is 8.38. The molecule has 3 heteroatoms. The van der Waals surface area contributed by atoms with E-state index in [1.54, 1.807) is 0 Å². The van der Waals surface area contributed by atoms with E-state index in [9.17, 15) is 5.11 Å². The van der Waals surface area contributed by atoms with Crippen molar-refractivity contribution in [2.75, 3.05) is 13.2 Å². The van der Waals surface area contributed by atoms with Gasteiger partial charge in [0.25, 0.3) is 0 Å². The molecule has 1 N–H and O–H groups in total. The van der Waals surface area contributed by atoms with Crippen LogP contribution in [0.2, 0.25) is 0 Å². The maximum atomic E-state index is 11.9. The largest absolute Gasteiger partial charge is 0.380 e. The molecule has 0 unspecified atom stereocenters. The van der Waals surface area contributed by atoms with Crippen LogP contribution in [0.3, 0.4) is 0 Å². The van der Waals surface area contributed by atoms with E-state index in [1.807, 2.05) is 60.7 Å². The van der Waals surface area contributed by atoms with Gasteiger partial charge >= 0.3 is 0 Å². The molecule has 2 aromatic carbocycles. The third-order valence-electron chi connectivity index (χ3n) is 7.12. The molecule has 4 rings (SSSR count). The lowest BCUT2D eigenvalue weighted by Crippen LogP contribution is -2.52. The average Bonchev–Trinajstić information content (AvgIpc) is 3.24. The van der Waals surface area contributed by atoms with E-state index in [4.69, 9.17) is 9.47 Å². The number of hydrogen-bond acceptors (Lipinski definition) is 3. The fourth-order valence-electron chi connectivity index (χ4n) is 5.42. The maximum Gasteiger partial charge on any atom is 0.174 e. The molecule has 1 saturated carbocycles. The summed E-state index contributed by atoms with van der Waals surface area (Å²) in [5.41, 5.74) is 0.845. The van der Waals surface area contributed by atoms with Gasteiger partial charge in [-0.1, -0.05) is 74.0 Å². The third-order valence-corrected chi connectivity index (χ3v) is 7.12. The van der Waals surface area contributed by atoms with Gasteiger partial charge < -0.3 is 14.6 Å². The highest BCUT2D eigenvalue weighted by Crippen LogP contribution is 2.55. The Bertz CT molecular complexity index is 712. The van der Waals surface area contributed by atoms with Crippen molar-refractivity contribution in [1.82, 2.24) is 0 Å². The first-order chi connectivity index (χ1) is 13.6. The molecule has 2 fully saturated rings. The van der Waals surface area contributed by atoms with Gasteiger partial charge in [-0.25, -0.2) is 0 Å². The van der Waals surface area contributed by atoms with E-state index < -0.39 is 11.4 Å². The van der Waals surface area contributed by atoms with Crippen LogP contribution >= 0.6 is 0 Å². The molecule has 0 bridgehead atoms. The molecule has 2 aliphatic rings. The van der Waals surface area contributed by atoms with Gasteiger partial charge in [-0.05, 0) is 43.2 Å². The Morgan fingerprint density at radius 2 is 1.39 bits per heavy atom. The summed E-state index contributed by atoms with van der Waals surface area (Å²) >= 11 is 0. The van der Waals surface area contributed by atoms with E-state index >= 15 is 0 Å². The molecule has 0 amide bonds. The summed E-state index contributed by atoms with van der Waals surface area (Å²) < 4.78 is 12.5. The van der Waals surface area contributed by atoms with E-state index in [0.29, 0.717) is 19.6 Å². The second kappa shape index (κ2) is 7.98. The molecule has 1 aliphatic carbocycles. The predicted molar refractivity (Wildman–Crippen MR) is 111 cm³/mol. The van der Waals surface area contributed by atoms with Gasteiger partial charge in [-0.2, -0.15) is 0 Å². The molecular weight excluding hydrogens is 348 g/mol. The summed E-state index contributed by atoms with van der Waals surface area (Å²) in [4.78, 5) is 0. The SMILES string of the molecule is CC[C@@]1(CCC(O)(c2ccccc2)c2ccccc2)CCCCC12OCCO2. The maximum absolute atomic E-state index is 11.9. The number of hydrogen-bond donors (Lipinski definition) is 1. The molecule has 1 spiro atoms. The van der Waals surface area contributed by atoms with Gasteiger partial charge in [-0.15, -0.1) is 0 Å². The van der Waals surface area contributed by atoms with E-state index in [0.717, 1.165) is 43.2 Å². The standard InChI is InChI=1S/C25H32O3/c1-2-23(15-9-10-16-25(23)27-19-20-28-25)17-18-24(26,21-11-5-3-6-12-21)22-13-7-4-8-14-22/h3-8,11-14,26H,2,9-10,15-20H2,1H3/t23-/m0/s1. The Kier molecular flexibility index (Phi) is 5.59. The summed E-state index contributed by atoms with van der Waals surface area (Å²) in [6.07, 6.45) is 6.97. The first-order valence-corrected chi connectivity index (χ1v) is 10.8. The summed E-state index contributed by atoms with van der Waals surface area (Å²) in [7, 11) is 0. The molecule has 1 heterocycles. The summed E-state index contributed by atoms with van der Waals surface area (Å²) in [6, 6.07) is 20.1. The van der Waals surface area contributed by atoms with E-state index in [-0.39, 0.29) is 5.41 Å². The lowest BCUT2D eigenvalue weighted by atomic mass is 9.63. The smallest absolute Gasteiger partial charge is 0.174 e. The van der Waals surface area contributed by atoms with Crippen molar-refractivity contribution < 1.29 is 14.6 Å². The minimum atomic E-state index is -1.01. The van der Waals surface area contributed by atoms with Gasteiger partial charge in [0.05, 0.1) is 13.2 Å². The highest BCUT2D eigenvalue weighted by molar-refractivity contribution is 5.35. The van der Waals surface area contributed by atoms with Gasteiger partial charge in [0.1, 0.15) is 5.60 Å². The lowest BCUT2D eigenvalue weighted by Gasteiger charge is -2.51. The van der Waals surface area contributed by atoms with Crippen molar-refractivity contribution in [1.29, 1.82) is 0 Å². The molecule has 1 aliphatic heterocycles. The van der Waals surface area contributed by atoms with Crippen LogP contribution in [0, 0.1) is 5.41 Å². The average molecular weight is 381 g/mol. The van der Waals surface area contributed by atoms with Crippen LogP contribution in [-0.2, 0) is 15.1 Å². The Hall–Kier alpha value is -1.68. The molecule has 150 valence electrons. The van der Waals surface area contributed by atoms with Crippen LogP contribution in [0.4, 0.5) is 0 Å². The first kappa shape index (κ1) is 19.6. The van der Waals surface area contributed by atoms with Gasteiger partial charge in [-0.3, -0.25) is 0 Å². The Labute approximate surface area is 168 Å². The highest BCUT2D eigenvalue weighted by Gasteiger charge is 2.56. The van der Waals surface area contributed by atoms with Crippen molar-refractivity contribution in [2.45, 2.75) is 63.3 Å². The van der Waals surface area contributed by atoms with Crippen LogP contribution < -0.4 is 0 Å². The Morgan fingerprint density at radius 3 is 1.93 bits per heavy atom. The van der Waals surface area contributed by atoms with Crippen LogP contribution in [0.25, 0.3) is 0 Å². The van der Waals surface area contributed by atoms with Crippen LogP contribution in [0.15, 0.2) is 60.7 Å². The number of benzene rings is 2. The topological polar surface area (TPSA) is 38.7 Å². The zero-order valence-corrected chi connectivity index (χ0v) is 16.9. The summed E-state index contributed by atoms with van der Waals surface area (Å²) in [5, 5.41) is 11.9. The number of aliphatic hydroxyl groups is 1. The first-order valence-electron chi connectivity index (χ1n) is 10.8. The Balaban J connectivity index is 1.67. The van der Waals surface area contributed by atoms with Crippen molar-refractivity contribution in [2.24, 2.45) is 5.41 Å². The zero-order chi connectivity index (χ0) is 19.5. The minimum Gasteiger partial charge on any atom is -0.380 e. The summed E-state index contributed by atoms with van der Waals surface area (Å²) in [5.74, 6) is -0.464. The van der Waals surface area contributed by atoms with Crippen LogP contribution in [-0.4, -0.2) is 24.1 Å². The lowest BCUT2D eigenvalue weighted by molar-refractivity contribution is -0.262. The number of ether oxygens (including phenoxy) is 2. The molecule has 1 atom stereocenters. The van der Waals surface area contributed by atoms with Crippen molar-refractivity contribution in [3.8, 4) is 0 Å². The quantitative estimate of drug-likeness (QED) is 0.727. The zero-order valence-electron chi connectivity index (χ0n) is 16.9. The molecule has 0 radical (unpaired) electrons. The predicted octanol–water partition coefficient (Wildman–Crippen LogP) is 5.42. The monoisotopic (exact) mass is 380 g/mol. The number of rotatable bonds is 6. The fraction of sp³-hybridized carbons (Fsp3) is 0.520. The van der Waals surface area contributed by atoms with Crippen molar-refractivity contribution in [3.05, 3.63) is 71.8 Å². The molecule has 28 heavy (non-hydrogen) atoms. The van der Waals surface area contributed by atoms with Gasteiger partial charge in [0, 0.05) is 11.8 Å². The summed E-state index contributed by atoms with van der Waals surface area (Å²) in [6.45, 7) is 3.62. The van der Waals surface area contributed by atoms with Gasteiger partial charge in [0.2, 0.25) is 0 Å². The van der Waals surface area contributed by atoms with Crippen molar-refractivity contribution in [3.63, 3.8) is 0 Å². The highest BCUT2D eigenvalue weighted by atomic mass is 16.7. The fourth-order valence-corrected chi connectivity index (χ4v) is 5.42. The van der Waals surface area contributed by atoms with E-state index in [1.165, 1.54) is 6.42 Å². The third kappa shape index (κ3) is 3.30. The normalized spacial score (nSPS) is 24.5. The second-order valence-corrected chi connectivity index (χ2v) is 8.38. The van der Waals surface area contributed by atoms with E-state index in [2.05, 4.69) is 6.92 Å². The van der Waals surface area contributed by atoms with Crippen molar-refractivity contribution >= 4 is 0 Å². The van der Waals surface area contributed by atoms with Gasteiger partial charge in [0.15, 0.2) is 5.79 Å².